The van der Waals surface area contributed by atoms with Crippen LogP contribution in [-0.4, -0.2) is 29.6 Å². The van der Waals surface area contributed by atoms with E-state index in [1.165, 1.54) is 0 Å². The number of benzodiazepines with no additional fused rings is 1. The second kappa shape index (κ2) is 9.37. The smallest absolute Gasteiger partial charge is 0.252 e. The van der Waals surface area contributed by atoms with E-state index >= 15 is 0 Å². The molecule has 0 radical (unpaired) electrons. The molecule has 162 valence electrons. The normalized spacial score (nSPS) is 16.6. The molecule has 2 amide bonds. The van der Waals surface area contributed by atoms with Crippen LogP contribution in [0.1, 0.15) is 31.4 Å². The number of aliphatic imine (C=N–C) groups is 1. The van der Waals surface area contributed by atoms with Crippen LogP contribution in [0.3, 0.4) is 0 Å². The first-order chi connectivity index (χ1) is 15.5. The van der Waals surface area contributed by atoms with Gasteiger partial charge in [-0.1, -0.05) is 73.1 Å². The summed E-state index contributed by atoms with van der Waals surface area (Å²) in [7, 11) is 0. The first kappa shape index (κ1) is 21.8. The molecule has 1 aliphatic heterocycles. The Morgan fingerprint density at radius 1 is 1.06 bits per heavy atom. The number of hydrogen-bond donors (Lipinski definition) is 1. The first-order valence-corrected chi connectivity index (χ1v) is 11.0. The van der Waals surface area contributed by atoms with Crippen LogP contribution in [0.5, 0.6) is 0 Å². The number of fused-ring (bicyclic) bond motifs is 1. The maximum Gasteiger partial charge on any atom is 0.252 e. The van der Waals surface area contributed by atoms with Gasteiger partial charge in [0.25, 0.3) is 5.91 Å². The number of anilines is 2. The third-order valence-electron chi connectivity index (χ3n) is 5.48. The summed E-state index contributed by atoms with van der Waals surface area (Å²) in [6, 6.07) is 23.0. The van der Waals surface area contributed by atoms with Gasteiger partial charge >= 0.3 is 0 Å². The fourth-order valence-corrected chi connectivity index (χ4v) is 4.14. The molecule has 0 spiro atoms. The number of carbonyl (C=O) groups excluding carboxylic acids is 2. The molecule has 4 rings (SSSR count). The number of rotatable bonds is 5. The van der Waals surface area contributed by atoms with E-state index in [4.69, 9.17) is 16.6 Å². The summed E-state index contributed by atoms with van der Waals surface area (Å²) in [6.07, 6.45) is 0.444. The van der Waals surface area contributed by atoms with Crippen LogP contribution >= 0.6 is 11.6 Å². The Morgan fingerprint density at radius 3 is 2.50 bits per heavy atom. The van der Waals surface area contributed by atoms with Gasteiger partial charge in [-0.25, -0.2) is 0 Å². The largest absolute Gasteiger partial charge is 0.324 e. The van der Waals surface area contributed by atoms with Gasteiger partial charge in [0.2, 0.25) is 5.91 Å². The van der Waals surface area contributed by atoms with Gasteiger partial charge in [0.05, 0.1) is 11.4 Å². The molecule has 1 N–H and O–H groups in total. The van der Waals surface area contributed by atoms with E-state index in [-0.39, 0.29) is 11.8 Å². The van der Waals surface area contributed by atoms with Crippen LogP contribution in [0.2, 0.25) is 5.02 Å². The molecule has 0 saturated heterocycles. The van der Waals surface area contributed by atoms with Crippen molar-refractivity contribution in [1.29, 1.82) is 0 Å². The Balaban J connectivity index is 1.77. The summed E-state index contributed by atoms with van der Waals surface area (Å²) < 4.78 is 0. The minimum Gasteiger partial charge on any atom is -0.324 e. The molecule has 1 heterocycles. The second-order valence-corrected chi connectivity index (χ2v) is 8.11. The lowest BCUT2D eigenvalue weighted by Crippen LogP contribution is -2.50. The summed E-state index contributed by atoms with van der Waals surface area (Å²) in [4.78, 5) is 33.2. The molecule has 6 heteroatoms. The molecular formula is C26H24ClN3O2. The lowest BCUT2D eigenvalue weighted by atomic mass is 9.99. The SMILES string of the molecule is CCC(C(=O)Nc1cccc(Cl)c1)N1C(=O)C(C)N=C(c2ccccc2)c2ccccc21. The van der Waals surface area contributed by atoms with E-state index in [1.54, 1.807) is 36.1 Å². The van der Waals surface area contributed by atoms with Gasteiger partial charge in [-0.2, -0.15) is 0 Å². The maximum atomic E-state index is 13.5. The van der Waals surface area contributed by atoms with Crippen molar-refractivity contribution in [3.05, 3.63) is 95.0 Å². The first-order valence-electron chi connectivity index (χ1n) is 10.6. The number of benzene rings is 3. The Labute approximate surface area is 192 Å². The van der Waals surface area contributed by atoms with E-state index in [2.05, 4.69) is 5.32 Å². The van der Waals surface area contributed by atoms with E-state index < -0.39 is 12.1 Å². The van der Waals surface area contributed by atoms with Gasteiger partial charge in [0.1, 0.15) is 12.1 Å². The van der Waals surface area contributed by atoms with Crippen molar-refractivity contribution in [2.75, 3.05) is 10.2 Å². The molecule has 0 saturated carbocycles. The zero-order chi connectivity index (χ0) is 22.7. The van der Waals surface area contributed by atoms with Crippen LogP contribution in [0, 0.1) is 0 Å². The molecule has 2 atom stereocenters. The molecule has 0 bridgehead atoms. The van der Waals surface area contributed by atoms with E-state index in [0.29, 0.717) is 22.8 Å². The number of hydrogen-bond acceptors (Lipinski definition) is 3. The third kappa shape index (κ3) is 4.30. The highest BCUT2D eigenvalue weighted by Crippen LogP contribution is 2.31. The molecular weight excluding hydrogens is 422 g/mol. The molecule has 1 aliphatic rings. The predicted molar refractivity (Wildman–Crippen MR) is 130 cm³/mol. The van der Waals surface area contributed by atoms with E-state index in [9.17, 15) is 9.59 Å². The van der Waals surface area contributed by atoms with Crippen LogP contribution in [0.15, 0.2) is 83.9 Å². The molecule has 3 aromatic rings. The van der Waals surface area contributed by atoms with E-state index in [1.807, 2.05) is 61.5 Å². The highest BCUT2D eigenvalue weighted by atomic mass is 35.5. The number of halogens is 1. The Morgan fingerprint density at radius 2 is 1.78 bits per heavy atom. The molecule has 0 aromatic heterocycles. The average molecular weight is 446 g/mol. The highest BCUT2D eigenvalue weighted by molar-refractivity contribution is 6.31. The lowest BCUT2D eigenvalue weighted by molar-refractivity contribution is -0.124. The molecule has 3 aromatic carbocycles. The monoisotopic (exact) mass is 445 g/mol. The van der Waals surface area contributed by atoms with Crippen LogP contribution in [0.25, 0.3) is 0 Å². The molecule has 0 fully saturated rings. The van der Waals surface area contributed by atoms with Gasteiger partial charge in [-0.05, 0) is 37.6 Å². The van der Waals surface area contributed by atoms with Crippen molar-refractivity contribution in [3.63, 3.8) is 0 Å². The second-order valence-electron chi connectivity index (χ2n) is 7.67. The van der Waals surface area contributed by atoms with Gasteiger partial charge < -0.3 is 5.32 Å². The zero-order valence-corrected chi connectivity index (χ0v) is 18.7. The summed E-state index contributed by atoms with van der Waals surface area (Å²) >= 11 is 6.06. The van der Waals surface area contributed by atoms with Crippen LogP contribution < -0.4 is 10.2 Å². The topological polar surface area (TPSA) is 61.8 Å². The predicted octanol–water partition coefficient (Wildman–Crippen LogP) is 5.33. The molecule has 5 nitrogen and oxygen atoms in total. The third-order valence-corrected chi connectivity index (χ3v) is 5.71. The number of nitrogens with one attached hydrogen (secondary N) is 1. The van der Waals surface area contributed by atoms with Crippen molar-refractivity contribution in [2.24, 2.45) is 4.99 Å². The highest BCUT2D eigenvalue weighted by Gasteiger charge is 2.36. The standard InChI is InChI=1S/C26H24ClN3O2/c1-3-22(25(31)29-20-13-9-12-19(27)16-20)30-23-15-8-7-14-21(23)24(28-17(2)26(30)32)18-10-5-4-6-11-18/h4-17,22H,3H2,1-2H3,(H,29,31). The van der Waals surface area contributed by atoms with Crippen molar-refractivity contribution in [1.82, 2.24) is 0 Å². The van der Waals surface area contributed by atoms with E-state index in [0.717, 1.165) is 16.8 Å². The summed E-state index contributed by atoms with van der Waals surface area (Å²) in [5.74, 6) is -0.482. The summed E-state index contributed by atoms with van der Waals surface area (Å²) in [6.45, 7) is 3.67. The lowest BCUT2D eigenvalue weighted by Gasteiger charge is -2.31. The summed E-state index contributed by atoms with van der Waals surface area (Å²) in [5.41, 5.74) is 3.77. The number of nitrogens with zero attached hydrogens (tertiary/aromatic N) is 2. The van der Waals surface area contributed by atoms with Crippen molar-refractivity contribution in [2.45, 2.75) is 32.4 Å². The van der Waals surface area contributed by atoms with Gasteiger partial charge in [0, 0.05) is 21.8 Å². The Hall–Kier alpha value is -3.44. The van der Waals surface area contributed by atoms with Gasteiger partial charge in [-0.15, -0.1) is 0 Å². The summed E-state index contributed by atoms with van der Waals surface area (Å²) in [5, 5.41) is 3.44. The zero-order valence-electron chi connectivity index (χ0n) is 18.0. The van der Waals surface area contributed by atoms with Crippen molar-refractivity contribution >= 4 is 40.5 Å². The molecule has 32 heavy (non-hydrogen) atoms. The van der Waals surface area contributed by atoms with Crippen molar-refractivity contribution in [3.8, 4) is 0 Å². The Bertz CT molecular complexity index is 1180. The van der Waals surface area contributed by atoms with Gasteiger partial charge in [-0.3, -0.25) is 19.5 Å². The minimum atomic E-state index is -0.699. The van der Waals surface area contributed by atoms with Crippen LogP contribution in [0.4, 0.5) is 11.4 Å². The number of para-hydroxylation sites is 1. The molecule has 2 unspecified atom stereocenters. The number of carbonyl (C=O) groups is 2. The number of amides is 2. The van der Waals surface area contributed by atoms with Crippen LogP contribution in [-0.2, 0) is 9.59 Å². The quantitative estimate of drug-likeness (QED) is 0.577. The van der Waals surface area contributed by atoms with Gasteiger partial charge in [0.15, 0.2) is 0 Å². The fourth-order valence-electron chi connectivity index (χ4n) is 3.95. The minimum absolute atomic E-state index is 0.212. The maximum absolute atomic E-state index is 13.5. The average Bonchev–Trinajstić information content (AvgIpc) is 2.91. The Kier molecular flexibility index (Phi) is 6.37. The fraction of sp³-hybridized carbons (Fsp3) is 0.192. The molecule has 0 aliphatic carbocycles. The van der Waals surface area contributed by atoms with Crippen molar-refractivity contribution < 1.29 is 9.59 Å².